The van der Waals surface area contributed by atoms with Crippen molar-refractivity contribution in [3.05, 3.63) is 105 Å². The average molecular weight is 929 g/mol. The zero-order chi connectivity index (χ0) is 49.8. The molecule has 0 N–H and O–H groups in total. The first-order valence-electron chi connectivity index (χ1n) is 27.6. The predicted molar refractivity (Wildman–Crippen MR) is 299 cm³/mol. The first kappa shape index (κ1) is 45.4. The zero-order valence-electron chi connectivity index (χ0n) is 46.4. The Kier molecular flexibility index (Phi) is 8.57. The van der Waals surface area contributed by atoms with E-state index in [1.165, 1.54) is 146 Å². The molecule has 4 aromatic carbocycles. The summed E-state index contributed by atoms with van der Waals surface area (Å²) in [5.41, 5.74) is 26.7. The van der Waals surface area contributed by atoms with Gasteiger partial charge in [-0.15, -0.1) is 0 Å². The summed E-state index contributed by atoms with van der Waals surface area (Å²) >= 11 is 0. The van der Waals surface area contributed by atoms with E-state index in [-0.39, 0.29) is 55.4 Å². The van der Waals surface area contributed by atoms with Crippen LogP contribution in [0.5, 0.6) is 0 Å². The van der Waals surface area contributed by atoms with Gasteiger partial charge >= 0.3 is 0 Å². The van der Waals surface area contributed by atoms with Crippen molar-refractivity contribution in [2.24, 2.45) is 22.2 Å². The lowest BCUT2D eigenvalue weighted by Gasteiger charge is -2.59. The highest BCUT2D eigenvalue weighted by Crippen LogP contribution is 2.65. The summed E-state index contributed by atoms with van der Waals surface area (Å²) in [4.78, 5) is 5.48. The topological polar surface area (TPSA) is 19.6 Å². The summed E-state index contributed by atoms with van der Waals surface area (Å²) in [6, 6.07) is 18.4. The van der Waals surface area contributed by atoms with Crippen LogP contribution in [0.1, 0.15) is 208 Å². The molecular weight excluding hydrogens is 848 g/mol. The standard InChI is InChI=1S/C66H81BN2O/c1-37-29-48-55-49(30-37)69-46-33-42-40(58(2,3)21-23-60(42,6)7)31-39(46)52-53-50(35-44-54(52)64(14,15)26-25-62(44,10)11)70-57(56(53)69)67(55)45-32-41-43(61(8,9)24-22-59(41,4)5)34-47(45)68(48)38-19-20-51-63(12,13)27-28-65(16,17)66(51,18)36-38/h19-20,29-36,51H,21-28H2,1-18H3. The quantitative estimate of drug-likeness (QED) is 0.153. The van der Waals surface area contributed by atoms with Crippen LogP contribution in [-0.2, 0) is 32.5 Å². The fourth-order valence-electron chi connectivity index (χ4n) is 16.5. The molecule has 0 radical (unpaired) electrons. The highest BCUT2D eigenvalue weighted by atomic mass is 16.3. The van der Waals surface area contributed by atoms with Crippen molar-refractivity contribution in [1.29, 1.82) is 0 Å². The van der Waals surface area contributed by atoms with Crippen LogP contribution >= 0.6 is 0 Å². The number of hydrogen-bond donors (Lipinski definition) is 0. The van der Waals surface area contributed by atoms with Gasteiger partial charge in [0, 0.05) is 33.9 Å². The maximum Gasteiger partial charge on any atom is 0.297 e. The minimum Gasteiger partial charge on any atom is -0.468 e. The minimum absolute atomic E-state index is 0.00732. The van der Waals surface area contributed by atoms with Crippen LogP contribution in [0, 0.1) is 29.1 Å². The van der Waals surface area contributed by atoms with E-state index >= 15 is 0 Å². The number of rotatable bonds is 1. The third-order valence-corrected chi connectivity index (χ3v) is 21.8. The van der Waals surface area contributed by atoms with Crippen LogP contribution in [0.25, 0.3) is 22.1 Å². The molecule has 8 aliphatic rings. The summed E-state index contributed by atoms with van der Waals surface area (Å²) in [7, 11) is 0. The molecule has 1 aromatic heterocycles. The second-order valence-corrected chi connectivity index (χ2v) is 29.9. The molecule has 4 heteroatoms. The van der Waals surface area contributed by atoms with E-state index in [9.17, 15) is 0 Å². The Bertz CT molecular complexity index is 3280. The predicted octanol–water partition coefficient (Wildman–Crippen LogP) is 16.4. The number of allylic oxidation sites excluding steroid dienone is 3. The van der Waals surface area contributed by atoms with E-state index in [1.807, 2.05) is 0 Å². The van der Waals surface area contributed by atoms with E-state index in [0.29, 0.717) is 5.92 Å². The van der Waals surface area contributed by atoms with Gasteiger partial charge in [-0.2, -0.15) is 0 Å². The molecule has 0 saturated heterocycles. The van der Waals surface area contributed by atoms with Crippen LogP contribution in [0.3, 0.4) is 0 Å². The molecule has 2 atom stereocenters. The molecule has 1 saturated carbocycles. The number of furan rings is 1. The van der Waals surface area contributed by atoms with Crippen molar-refractivity contribution < 1.29 is 4.42 Å². The molecule has 0 bridgehead atoms. The summed E-state index contributed by atoms with van der Waals surface area (Å²) in [5.74, 6) is 0.456. The molecule has 5 aliphatic carbocycles. The van der Waals surface area contributed by atoms with Gasteiger partial charge in [0.05, 0.1) is 22.4 Å². The minimum atomic E-state index is -0.0661. The van der Waals surface area contributed by atoms with Gasteiger partial charge in [0.1, 0.15) is 5.58 Å². The lowest BCUT2D eigenvalue weighted by Crippen LogP contribution is -2.62. The van der Waals surface area contributed by atoms with Gasteiger partial charge < -0.3 is 14.2 Å². The Balaban J connectivity index is 1.18. The van der Waals surface area contributed by atoms with E-state index in [0.717, 1.165) is 11.2 Å². The van der Waals surface area contributed by atoms with Crippen LogP contribution in [0.4, 0.5) is 28.4 Å². The number of benzene rings is 4. The molecule has 70 heavy (non-hydrogen) atoms. The first-order chi connectivity index (χ1) is 32.4. The first-order valence-corrected chi connectivity index (χ1v) is 27.6. The molecular formula is C66H81BN2O. The Labute approximate surface area is 422 Å². The van der Waals surface area contributed by atoms with Crippen LogP contribution in [0.2, 0.25) is 0 Å². The van der Waals surface area contributed by atoms with Gasteiger partial charge in [-0.3, -0.25) is 0 Å². The fourth-order valence-corrected chi connectivity index (χ4v) is 16.5. The third kappa shape index (κ3) is 5.61. The zero-order valence-corrected chi connectivity index (χ0v) is 46.4. The van der Waals surface area contributed by atoms with Crippen molar-refractivity contribution in [2.45, 2.75) is 208 Å². The van der Waals surface area contributed by atoms with Crippen molar-refractivity contribution in [1.82, 2.24) is 0 Å². The molecule has 1 fully saturated rings. The maximum absolute atomic E-state index is 7.85. The lowest BCUT2D eigenvalue weighted by molar-refractivity contribution is -0.0396. The maximum atomic E-state index is 7.85. The normalized spacial score (nSPS) is 27.3. The monoisotopic (exact) mass is 929 g/mol. The highest BCUT2D eigenvalue weighted by Gasteiger charge is 2.57. The average Bonchev–Trinajstić information content (AvgIpc) is 3.65. The number of nitrogens with zero attached hydrogens (tertiary/aromatic N) is 2. The van der Waals surface area contributed by atoms with Crippen LogP contribution < -0.4 is 26.4 Å². The molecule has 3 nitrogen and oxygen atoms in total. The molecule has 3 aliphatic heterocycles. The molecule has 2 unspecified atom stereocenters. The Morgan fingerprint density at radius 2 is 1.06 bits per heavy atom. The Morgan fingerprint density at radius 3 is 1.67 bits per heavy atom. The Hall–Kier alpha value is -4.44. The lowest BCUT2D eigenvalue weighted by atomic mass is 9.35. The Morgan fingerprint density at radius 1 is 0.529 bits per heavy atom. The van der Waals surface area contributed by atoms with Gasteiger partial charge in [-0.25, -0.2) is 0 Å². The summed E-state index contributed by atoms with van der Waals surface area (Å²) in [6.07, 6.45) is 17.4. The second-order valence-electron chi connectivity index (χ2n) is 29.9. The number of aryl methyl sites for hydroxylation is 1. The summed E-state index contributed by atoms with van der Waals surface area (Å²) < 4.78 is 7.85. The molecule has 0 spiro atoms. The molecule has 13 rings (SSSR count). The highest BCUT2D eigenvalue weighted by molar-refractivity contribution is 7.00. The van der Waals surface area contributed by atoms with E-state index in [1.54, 1.807) is 5.56 Å². The van der Waals surface area contributed by atoms with Crippen molar-refractivity contribution in [3.63, 3.8) is 0 Å². The van der Waals surface area contributed by atoms with Crippen LogP contribution in [0.15, 0.2) is 70.8 Å². The van der Waals surface area contributed by atoms with E-state index < -0.39 is 0 Å². The van der Waals surface area contributed by atoms with Crippen LogP contribution in [-0.4, -0.2) is 6.71 Å². The number of hydrogen-bond acceptors (Lipinski definition) is 3. The van der Waals surface area contributed by atoms with Gasteiger partial charge in [0.15, 0.2) is 0 Å². The number of fused-ring (bicyclic) bond motifs is 12. The number of anilines is 5. The molecule has 5 aromatic rings. The molecule has 364 valence electrons. The summed E-state index contributed by atoms with van der Waals surface area (Å²) in [6.45, 7) is 45.1. The second kappa shape index (κ2) is 13.2. The van der Waals surface area contributed by atoms with E-state index in [4.69, 9.17) is 4.42 Å². The van der Waals surface area contributed by atoms with E-state index in [2.05, 4.69) is 195 Å². The van der Waals surface area contributed by atoms with Crippen molar-refractivity contribution in [3.8, 4) is 11.1 Å². The molecule has 4 heterocycles. The fraction of sp³-hybridized carbons (Fsp3) is 0.545. The third-order valence-electron chi connectivity index (χ3n) is 21.8. The largest absolute Gasteiger partial charge is 0.468 e. The summed E-state index contributed by atoms with van der Waals surface area (Å²) in [5, 5.41) is 1.33. The smallest absolute Gasteiger partial charge is 0.297 e. The van der Waals surface area contributed by atoms with Gasteiger partial charge in [0.25, 0.3) is 6.71 Å². The SMILES string of the molecule is Cc1cc2c3c(c1)N1c4cc5c(cc4-c4c6c(cc7oc(c1c47)B3c1cc3c(cc1N2C1=CC2(C)C(C=C1)C(C)(C)CCC2(C)C)C(C)(C)CCC3(C)C)C(C)(C)CCC6(C)C)C(C)(C)CCC5(C)C. The molecule has 0 amide bonds. The van der Waals surface area contributed by atoms with Gasteiger partial charge in [0.2, 0.25) is 0 Å². The van der Waals surface area contributed by atoms with Crippen molar-refractivity contribution >= 4 is 62.7 Å². The van der Waals surface area contributed by atoms with Gasteiger partial charge in [-0.1, -0.05) is 136 Å². The van der Waals surface area contributed by atoms with Gasteiger partial charge in [-0.05, 0) is 205 Å². The van der Waals surface area contributed by atoms with Crippen molar-refractivity contribution in [2.75, 3.05) is 9.80 Å².